The molecule has 3 rings (SSSR count). The Balaban J connectivity index is 1.69. The van der Waals surface area contributed by atoms with E-state index in [1.807, 2.05) is 13.8 Å². The molecule has 0 saturated heterocycles. The minimum absolute atomic E-state index is 0.422. The van der Waals surface area contributed by atoms with Gasteiger partial charge >= 0.3 is 6.03 Å². The van der Waals surface area contributed by atoms with Crippen molar-refractivity contribution in [2.24, 2.45) is 0 Å². The van der Waals surface area contributed by atoms with Crippen LogP contribution in [0, 0.1) is 13.8 Å². The van der Waals surface area contributed by atoms with E-state index in [1.165, 1.54) is 12.4 Å². The summed E-state index contributed by atoms with van der Waals surface area (Å²) in [5.41, 5.74) is 2.88. The Morgan fingerprint density at radius 3 is 2.42 bits per heavy atom. The van der Waals surface area contributed by atoms with Crippen LogP contribution in [0.2, 0.25) is 5.02 Å². The lowest BCUT2D eigenvalue weighted by atomic mass is 10.3. The second kappa shape index (κ2) is 6.67. The van der Waals surface area contributed by atoms with Crippen molar-refractivity contribution >= 4 is 29.0 Å². The smallest absolute Gasteiger partial charge is 0.306 e. The lowest BCUT2D eigenvalue weighted by molar-refractivity contribution is 0.262. The summed E-state index contributed by atoms with van der Waals surface area (Å²) in [6.45, 7) is 3.86. The van der Waals surface area contributed by atoms with Crippen LogP contribution in [0.15, 0.2) is 43.0 Å². The summed E-state index contributed by atoms with van der Waals surface area (Å²) in [6.07, 6.45) is 4.73. The van der Waals surface area contributed by atoms with Crippen molar-refractivity contribution in [3.8, 4) is 5.95 Å². The second-order valence-corrected chi connectivity index (χ2v) is 5.52. The van der Waals surface area contributed by atoms with Crippen LogP contribution in [0.25, 0.3) is 5.95 Å². The standard InChI is InChI=1S/C16H15ClN6O/c1-10-11(2)23(9-20-10)15-18-7-12(8-19-15)21-16(24)22-14-6-4-3-5-13(14)17/h3-9H,1-2H3,(H2,21,22,24). The number of benzene rings is 1. The fourth-order valence-electron chi connectivity index (χ4n) is 2.06. The molecule has 2 aromatic heterocycles. The van der Waals surface area contributed by atoms with Crippen molar-refractivity contribution in [3.05, 3.63) is 59.4 Å². The molecular weight excluding hydrogens is 328 g/mol. The molecule has 122 valence electrons. The Hall–Kier alpha value is -2.93. The van der Waals surface area contributed by atoms with E-state index in [1.54, 1.807) is 35.2 Å². The fraction of sp³-hybridized carbons (Fsp3) is 0.125. The molecule has 0 aliphatic rings. The van der Waals surface area contributed by atoms with Gasteiger partial charge in [0.05, 0.1) is 34.5 Å². The molecule has 0 aliphatic heterocycles. The highest BCUT2D eigenvalue weighted by atomic mass is 35.5. The van der Waals surface area contributed by atoms with E-state index in [4.69, 9.17) is 11.6 Å². The summed E-state index contributed by atoms with van der Waals surface area (Å²) in [5, 5.41) is 5.79. The van der Waals surface area contributed by atoms with E-state index in [0.717, 1.165) is 11.4 Å². The molecule has 0 bridgehead atoms. The van der Waals surface area contributed by atoms with Crippen LogP contribution in [0.5, 0.6) is 0 Å². The average Bonchev–Trinajstić information content (AvgIpc) is 2.90. The Bertz CT molecular complexity index is 875. The van der Waals surface area contributed by atoms with Gasteiger partial charge in [-0.25, -0.2) is 19.7 Å². The third-order valence-corrected chi connectivity index (χ3v) is 3.82. The molecule has 0 unspecified atom stereocenters. The molecule has 0 saturated carbocycles. The van der Waals surface area contributed by atoms with Gasteiger partial charge in [0, 0.05) is 5.69 Å². The summed E-state index contributed by atoms with van der Waals surface area (Å²) in [4.78, 5) is 24.7. The van der Waals surface area contributed by atoms with E-state index >= 15 is 0 Å². The highest BCUT2D eigenvalue weighted by molar-refractivity contribution is 6.33. The molecule has 3 aromatic rings. The van der Waals surface area contributed by atoms with Gasteiger partial charge in [0.2, 0.25) is 5.95 Å². The number of aryl methyl sites for hydroxylation is 1. The minimum Gasteiger partial charge on any atom is -0.306 e. The third kappa shape index (κ3) is 3.36. The van der Waals surface area contributed by atoms with Gasteiger partial charge in [0.1, 0.15) is 6.33 Å². The molecule has 0 fully saturated rings. The van der Waals surface area contributed by atoms with Crippen molar-refractivity contribution in [2.75, 3.05) is 10.6 Å². The molecule has 2 N–H and O–H groups in total. The van der Waals surface area contributed by atoms with Gasteiger partial charge in [-0.05, 0) is 26.0 Å². The quantitative estimate of drug-likeness (QED) is 0.762. The number of para-hydroxylation sites is 1. The molecule has 8 heteroatoms. The largest absolute Gasteiger partial charge is 0.323 e. The van der Waals surface area contributed by atoms with Crippen LogP contribution >= 0.6 is 11.6 Å². The van der Waals surface area contributed by atoms with Gasteiger partial charge in [-0.15, -0.1) is 0 Å². The fourth-order valence-corrected chi connectivity index (χ4v) is 2.24. The maximum Gasteiger partial charge on any atom is 0.323 e. The maximum atomic E-state index is 12.0. The zero-order chi connectivity index (χ0) is 17.1. The normalized spacial score (nSPS) is 10.5. The van der Waals surface area contributed by atoms with Gasteiger partial charge in [-0.3, -0.25) is 4.57 Å². The third-order valence-electron chi connectivity index (χ3n) is 3.49. The molecular formula is C16H15ClN6O. The summed E-state index contributed by atoms with van der Waals surface area (Å²) >= 11 is 6.00. The van der Waals surface area contributed by atoms with Gasteiger partial charge in [-0.2, -0.15) is 0 Å². The number of rotatable bonds is 3. The molecule has 24 heavy (non-hydrogen) atoms. The number of amides is 2. The Morgan fingerprint density at radius 2 is 1.79 bits per heavy atom. The van der Waals surface area contributed by atoms with E-state index in [9.17, 15) is 4.79 Å². The average molecular weight is 343 g/mol. The van der Waals surface area contributed by atoms with E-state index in [0.29, 0.717) is 22.3 Å². The number of hydrogen-bond donors (Lipinski definition) is 2. The number of carbonyl (C=O) groups is 1. The van der Waals surface area contributed by atoms with Gasteiger partial charge in [0.25, 0.3) is 0 Å². The predicted octanol–water partition coefficient (Wildman–Crippen LogP) is 3.58. The lowest BCUT2D eigenvalue weighted by Crippen LogP contribution is -2.20. The number of imidazole rings is 1. The van der Waals surface area contributed by atoms with Crippen LogP contribution in [0.3, 0.4) is 0 Å². The zero-order valence-electron chi connectivity index (χ0n) is 13.1. The zero-order valence-corrected chi connectivity index (χ0v) is 13.9. The van der Waals surface area contributed by atoms with E-state index in [2.05, 4.69) is 25.6 Å². The summed E-state index contributed by atoms with van der Waals surface area (Å²) in [7, 11) is 0. The lowest BCUT2D eigenvalue weighted by Gasteiger charge is -2.09. The highest BCUT2D eigenvalue weighted by Crippen LogP contribution is 2.20. The van der Waals surface area contributed by atoms with Crippen LogP contribution < -0.4 is 10.6 Å². The highest BCUT2D eigenvalue weighted by Gasteiger charge is 2.09. The maximum absolute atomic E-state index is 12.0. The van der Waals surface area contributed by atoms with Gasteiger partial charge in [-0.1, -0.05) is 23.7 Å². The van der Waals surface area contributed by atoms with Gasteiger partial charge < -0.3 is 10.6 Å². The number of anilines is 2. The molecule has 2 amide bonds. The summed E-state index contributed by atoms with van der Waals surface area (Å²) in [5.74, 6) is 0.491. The monoisotopic (exact) mass is 342 g/mol. The first-order valence-corrected chi connectivity index (χ1v) is 7.58. The molecule has 0 radical (unpaired) electrons. The van der Waals surface area contributed by atoms with Crippen molar-refractivity contribution < 1.29 is 4.79 Å². The van der Waals surface area contributed by atoms with Crippen molar-refractivity contribution in [1.29, 1.82) is 0 Å². The number of nitrogens with one attached hydrogen (secondary N) is 2. The first-order chi connectivity index (χ1) is 11.5. The van der Waals surface area contributed by atoms with Crippen LogP contribution in [-0.2, 0) is 0 Å². The number of aromatic nitrogens is 4. The first-order valence-electron chi connectivity index (χ1n) is 7.20. The SMILES string of the molecule is Cc1ncn(-c2ncc(NC(=O)Nc3ccccc3Cl)cn2)c1C. The molecule has 2 heterocycles. The molecule has 1 aromatic carbocycles. The number of carbonyl (C=O) groups excluding carboxylic acids is 1. The number of halogens is 1. The predicted molar refractivity (Wildman–Crippen MR) is 92.7 cm³/mol. The van der Waals surface area contributed by atoms with Crippen molar-refractivity contribution in [1.82, 2.24) is 19.5 Å². The van der Waals surface area contributed by atoms with E-state index < -0.39 is 6.03 Å². The van der Waals surface area contributed by atoms with Crippen LogP contribution in [0.4, 0.5) is 16.2 Å². The van der Waals surface area contributed by atoms with Crippen molar-refractivity contribution in [2.45, 2.75) is 13.8 Å². The molecule has 0 atom stereocenters. The Labute approximate surface area is 143 Å². The van der Waals surface area contributed by atoms with Crippen molar-refractivity contribution in [3.63, 3.8) is 0 Å². The molecule has 7 nitrogen and oxygen atoms in total. The van der Waals surface area contributed by atoms with Crippen LogP contribution in [-0.4, -0.2) is 25.6 Å². The number of urea groups is 1. The summed E-state index contributed by atoms with van der Waals surface area (Å²) in [6, 6.07) is 6.57. The first kappa shape index (κ1) is 15.9. The van der Waals surface area contributed by atoms with Gasteiger partial charge in [0.15, 0.2) is 0 Å². The summed E-state index contributed by atoms with van der Waals surface area (Å²) < 4.78 is 1.78. The van der Waals surface area contributed by atoms with Crippen LogP contribution in [0.1, 0.15) is 11.4 Å². The number of nitrogens with zero attached hydrogens (tertiary/aromatic N) is 4. The van der Waals surface area contributed by atoms with E-state index in [-0.39, 0.29) is 0 Å². The molecule has 0 spiro atoms. The molecule has 0 aliphatic carbocycles. The minimum atomic E-state index is -0.422. The number of hydrogen-bond acceptors (Lipinski definition) is 4. The Morgan fingerprint density at radius 1 is 1.08 bits per heavy atom. The Kier molecular flexibility index (Phi) is 4.43. The topological polar surface area (TPSA) is 84.7 Å². The second-order valence-electron chi connectivity index (χ2n) is 5.12.